The van der Waals surface area contributed by atoms with Crippen LogP contribution >= 0.6 is 11.3 Å². The second-order valence-corrected chi connectivity index (χ2v) is 8.30. The quantitative estimate of drug-likeness (QED) is 0.454. The Morgan fingerprint density at radius 1 is 1.13 bits per heavy atom. The molecule has 0 aliphatic heterocycles. The lowest BCUT2D eigenvalue weighted by Crippen LogP contribution is -2.20. The highest BCUT2D eigenvalue weighted by Gasteiger charge is 2.12. The molecule has 0 saturated heterocycles. The zero-order valence-corrected chi connectivity index (χ0v) is 18.7. The van der Waals surface area contributed by atoms with E-state index in [2.05, 4.69) is 43.2 Å². The number of carbonyl (C=O) groups excluding carboxylic acids is 1. The van der Waals surface area contributed by atoms with Gasteiger partial charge < -0.3 is 9.47 Å². The van der Waals surface area contributed by atoms with Crippen molar-refractivity contribution < 1.29 is 14.3 Å². The summed E-state index contributed by atoms with van der Waals surface area (Å²) < 4.78 is 11.4. The highest BCUT2D eigenvalue weighted by molar-refractivity contribution is 7.14. The molecular weight excluding hydrogens is 396 g/mol. The normalized spacial score (nSPS) is 10.8. The Morgan fingerprint density at radius 3 is 2.60 bits per heavy atom. The van der Waals surface area contributed by atoms with Gasteiger partial charge in [-0.05, 0) is 60.7 Å². The number of anilines is 1. The lowest BCUT2D eigenvalue weighted by atomic mass is 10.0. The molecule has 6 heteroatoms. The molecule has 158 valence electrons. The van der Waals surface area contributed by atoms with Gasteiger partial charge in [0.25, 0.3) is 5.91 Å². The van der Waals surface area contributed by atoms with Crippen molar-refractivity contribution in [2.75, 3.05) is 18.5 Å². The van der Waals surface area contributed by atoms with Crippen molar-refractivity contribution in [1.82, 2.24) is 4.98 Å². The van der Waals surface area contributed by atoms with E-state index >= 15 is 0 Å². The SMILES string of the molecule is CCCOc1ccc(-c2csc(NC(=O)COc3cc(C)ccc3C(C)C)n2)cc1. The van der Waals surface area contributed by atoms with Gasteiger partial charge in [-0.2, -0.15) is 0 Å². The molecule has 5 nitrogen and oxygen atoms in total. The van der Waals surface area contributed by atoms with Crippen molar-refractivity contribution >= 4 is 22.4 Å². The summed E-state index contributed by atoms with van der Waals surface area (Å²) in [5.74, 6) is 1.70. The van der Waals surface area contributed by atoms with Gasteiger partial charge in [0.2, 0.25) is 0 Å². The first kappa shape index (κ1) is 21.8. The Kier molecular flexibility index (Phi) is 7.46. The highest BCUT2D eigenvalue weighted by Crippen LogP contribution is 2.28. The Labute approximate surface area is 182 Å². The largest absolute Gasteiger partial charge is 0.494 e. The number of hydrogen-bond acceptors (Lipinski definition) is 5. The van der Waals surface area contributed by atoms with Gasteiger partial charge in [-0.15, -0.1) is 11.3 Å². The summed E-state index contributed by atoms with van der Waals surface area (Å²) in [5.41, 5.74) is 3.99. The van der Waals surface area contributed by atoms with E-state index in [-0.39, 0.29) is 12.5 Å². The molecule has 1 aromatic heterocycles. The molecular formula is C24H28N2O3S. The number of ether oxygens (including phenoxy) is 2. The molecule has 0 spiro atoms. The summed E-state index contributed by atoms with van der Waals surface area (Å²) in [6.07, 6.45) is 0.975. The second-order valence-electron chi connectivity index (χ2n) is 7.44. The third-order valence-electron chi connectivity index (χ3n) is 4.52. The summed E-state index contributed by atoms with van der Waals surface area (Å²) in [7, 11) is 0. The Bertz CT molecular complexity index is 980. The van der Waals surface area contributed by atoms with Crippen LogP contribution in [0.15, 0.2) is 47.8 Å². The fourth-order valence-electron chi connectivity index (χ4n) is 2.95. The van der Waals surface area contributed by atoms with Crippen molar-refractivity contribution in [1.29, 1.82) is 0 Å². The van der Waals surface area contributed by atoms with Gasteiger partial charge in [-0.3, -0.25) is 10.1 Å². The number of carbonyl (C=O) groups is 1. The summed E-state index contributed by atoms with van der Waals surface area (Å²) in [6.45, 7) is 8.95. The second kappa shape index (κ2) is 10.3. The zero-order valence-electron chi connectivity index (χ0n) is 17.9. The van der Waals surface area contributed by atoms with E-state index in [1.165, 1.54) is 11.3 Å². The molecule has 3 aromatic rings. The van der Waals surface area contributed by atoms with Crippen molar-refractivity contribution in [3.63, 3.8) is 0 Å². The molecule has 0 aliphatic carbocycles. The number of aromatic nitrogens is 1. The third kappa shape index (κ3) is 5.83. The Morgan fingerprint density at radius 2 is 1.90 bits per heavy atom. The van der Waals surface area contributed by atoms with Gasteiger partial charge in [0.15, 0.2) is 11.7 Å². The van der Waals surface area contributed by atoms with E-state index in [0.29, 0.717) is 17.7 Å². The van der Waals surface area contributed by atoms with Crippen LogP contribution in [0, 0.1) is 6.92 Å². The lowest BCUT2D eigenvalue weighted by molar-refractivity contribution is -0.118. The maximum Gasteiger partial charge on any atom is 0.264 e. The first-order valence-corrected chi connectivity index (χ1v) is 11.1. The van der Waals surface area contributed by atoms with Gasteiger partial charge >= 0.3 is 0 Å². The van der Waals surface area contributed by atoms with Crippen molar-refractivity contribution in [3.05, 3.63) is 59.0 Å². The molecule has 0 saturated carbocycles. The fraction of sp³-hybridized carbons (Fsp3) is 0.333. The minimum Gasteiger partial charge on any atom is -0.494 e. The number of rotatable bonds is 9. The molecule has 1 N–H and O–H groups in total. The van der Waals surface area contributed by atoms with Gasteiger partial charge in [-0.1, -0.05) is 32.9 Å². The topological polar surface area (TPSA) is 60.5 Å². The molecule has 3 rings (SSSR count). The highest BCUT2D eigenvalue weighted by atomic mass is 32.1. The van der Waals surface area contributed by atoms with Crippen molar-refractivity contribution in [2.24, 2.45) is 0 Å². The molecule has 0 unspecified atom stereocenters. The van der Waals surface area contributed by atoms with E-state index in [1.54, 1.807) is 0 Å². The predicted molar refractivity (Wildman–Crippen MR) is 123 cm³/mol. The van der Waals surface area contributed by atoms with Crippen LogP contribution in [0.3, 0.4) is 0 Å². The minimum atomic E-state index is -0.226. The van der Waals surface area contributed by atoms with E-state index < -0.39 is 0 Å². The number of nitrogens with one attached hydrogen (secondary N) is 1. The van der Waals surface area contributed by atoms with Crippen LogP contribution in [0.1, 0.15) is 44.2 Å². The van der Waals surface area contributed by atoms with Gasteiger partial charge in [0.05, 0.1) is 12.3 Å². The molecule has 0 fully saturated rings. The van der Waals surface area contributed by atoms with Crippen molar-refractivity contribution in [2.45, 2.75) is 40.0 Å². The smallest absolute Gasteiger partial charge is 0.264 e. The zero-order chi connectivity index (χ0) is 21.5. The van der Waals surface area contributed by atoms with Crippen LogP contribution in [0.2, 0.25) is 0 Å². The summed E-state index contributed by atoms with van der Waals surface area (Å²) in [4.78, 5) is 16.9. The number of thiazole rings is 1. The molecule has 0 bridgehead atoms. The summed E-state index contributed by atoms with van der Waals surface area (Å²) >= 11 is 1.39. The Hall–Kier alpha value is -2.86. The molecule has 0 radical (unpaired) electrons. The number of hydrogen-bond donors (Lipinski definition) is 1. The first-order valence-electron chi connectivity index (χ1n) is 10.2. The summed E-state index contributed by atoms with van der Waals surface area (Å²) in [6, 6.07) is 13.9. The first-order chi connectivity index (χ1) is 14.5. The molecule has 30 heavy (non-hydrogen) atoms. The number of amides is 1. The van der Waals surface area contributed by atoms with E-state index in [4.69, 9.17) is 9.47 Å². The van der Waals surface area contributed by atoms with Gasteiger partial charge in [-0.25, -0.2) is 4.98 Å². The lowest BCUT2D eigenvalue weighted by Gasteiger charge is -2.14. The molecule has 2 aromatic carbocycles. The molecule has 1 heterocycles. The maximum atomic E-state index is 12.4. The predicted octanol–water partition coefficient (Wildman–Crippen LogP) is 6.05. The molecule has 0 aliphatic rings. The van der Waals surface area contributed by atoms with Crippen molar-refractivity contribution in [3.8, 4) is 22.8 Å². The van der Waals surface area contributed by atoms with Crippen LogP contribution < -0.4 is 14.8 Å². The molecule has 0 atom stereocenters. The van der Waals surface area contributed by atoms with Crippen LogP contribution in [0.5, 0.6) is 11.5 Å². The molecule has 1 amide bonds. The number of nitrogens with zero attached hydrogens (tertiary/aromatic N) is 1. The minimum absolute atomic E-state index is 0.0540. The van der Waals surface area contributed by atoms with Crippen LogP contribution in [0.25, 0.3) is 11.3 Å². The fourth-order valence-corrected chi connectivity index (χ4v) is 3.68. The summed E-state index contributed by atoms with van der Waals surface area (Å²) in [5, 5.41) is 5.30. The third-order valence-corrected chi connectivity index (χ3v) is 5.28. The van der Waals surface area contributed by atoms with Gasteiger partial charge in [0.1, 0.15) is 11.5 Å². The van der Waals surface area contributed by atoms with Crippen LogP contribution in [-0.4, -0.2) is 24.1 Å². The van der Waals surface area contributed by atoms with E-state index in [1.807, 2.05) is 42.6 Å². The maximum absolute atomic E-state index is 12.4. The standard InChI is InChI=1S/C24H28N2O3S/c1-5-12-28-19-9-7-18(8-10-19)21-15-30-24(25-21)26-23(27)14-29-22-13-17(4)6-11-20(22)16(2)3/h6-11,13,15-16H,5,12,14H2,1-4H3,(H,25,26,27). The van der Waals surface area contributed by atoms with Crippen LogP contribution in [0.4, 0.5) is 5.13 Å². The Balaban J connectivity index is 1.58. The van der Waals surface area contributed by atoms with Crippen LogP contribution in [-0.2, 0) is 4.79 Å². The monoisotopic (exact) mass is 424 g/mol. The van der Waals surface area contributed by atoms with E-state index in [0.717, 1.165) is 40.3 Å². The number of aryl methyl sites for hydroxylation is 1. The average molecular weight is 425 g/mol. The number of benzene rings is 2. The van der Waals surface area contributed by atoms with Gasteiger partial charge in [0, 0.05) is 10.9 Å². The average Bonchev–Trinajstić information content (AvgIpc) is 3.19. The van der Waals surface area contributed by atoms with E-state index in [9.17, 15) is 4.79 Å².